The number of ether oxygens (including phenoxy) is 1. The lowest BCUT2D eigenvalue weighted by molar-refractivity contribution is -0.153. The molecule has 0 aliphatic heterocycles. The Kier molecular flexibility index (Phi) is 3.81. The van der Waals surface area contributed by atoms with Crippen LogP contribution in [0.4, 0.5) is 4.39 Å². The molecule has 1 aromatic carbocycles. The van der Waals surface area contributed by atoms with Crippen molar-refractivity contribution in [2.24, 2.45) is 0 Å². The van der Waals surface area contributed by atoms with Crippen molar-refractivity contribution in [3.05, 3.63) is 29.6 Å². The van der Waals surface area contributed by atoms with Crippen molar-refractivity contribution >= 4 is 5.97 Å². The highest BCUT2D eigenvalue weighted by Crippen LogP contribution is 2.24. The molecule has 0 heterocycles. The number of aliphatic carboxylic acids is 1. The molecule has 2 unspecified atom stereocenters. The van der Waals surface area contributed by atoms with Crippen LogP contribution in [0.15, 0.2) is 18.2 Å². The van der Waals surface area contributed by atoms with Crippen molar-refractivity contribution in [3.8, 4) is 5.75 Å². The van der Waals surface area contributed by atoms with Gasteiger partial charge >= 0.3 is 5.97 Å². The molecule has 1 rings (SSSR count). The second kappa shape index (κ2) is 4.91. The van der Waals surface area contributed by atoms with Crippen molar-refractivity contribution in [2.45, 2.75) is 12.2 Å². The van der Waals surface area contributed by atoms with Gasteiger partial charge in [0.1, 0.15) is 17.7 Å². The molecular formula is C10H11FO5. The average Bonchev–Trinajstić information content (AvgIpc) is 2.27. The minimum absolute atomic E-state index is 0.257. The van der Waals surface area contributed by atoms with Gasteiger partial charge in [-0.25, -0.2) is 9.18 Å². The zero-order valence-electron chi connectivity index (χ0n) is 8.42. The van der Waals surface area contributed by atoms with Gasteiger partial charge in [0.05, 0.1) is 7.11 Å². The van der Waals surface area contributed by atoms with E-state index in [1.54, 1.807) is 0 Å². The number of halogens is 1. The lowest BCUT2D eigenvalue weighted by atomic mass is 10.0. The van der Waals surface area contributed by atoms with E-state index >= 15 is 0 Å². The van der Waals surface area contributed by atoms with Crippen LogP contribution in [0.3, 0.4) is 0 Å². The van der Waals surface area contributed by atoms with Crippen molar-refractivity contribution in [2.75, 3.05) is 7.11 Å². The number of carboxylic acid groups (broad SMARTS) is 1. The second-order valence-electron chi connectivity index (χ2n) is 3.12. The molecule has 5 nitrogen and oxygen atoms in total. The third-order valence-electron chi connectivity index (χ3n) is 2.07. The van der Waals surface area contributed by atoms with Crippen LogP contribution >= 0.6 is 0 Å². The molecule has 16 heavy (non-hydrogen) atoms. The molecule has 0 amide bonds. The maximum absolute atomic E-state index is 13.3. The van der Waals surface area contributed by atoms with Crippen LogP contribution in [-0.2, 0) is 4.79 Å². The Morgan fingerprint density at radius 2 is 2.06 bits per heavy atom. The summed E-state index contributed by atoms with van der Waals surface area (Å²) >= 11 is 0. The van der Waals surface area contributed by atoms with E-state index in [1.807, 2.05) is 0 Å². The molecule has 0 spiro atoms. The summed E-state index contributed by atoms with van der Waals surface area (Å²) in [5.41, 5.74) is -0.325. The van der Waals surface area contributed by atoms with Gasteiger partial charge in [-0.15, -0.1) is 0 Å². The summed E-state index contributed by atoms with van der Waals surface area (Å²) < 4.78 is 18.1. The highest BCUT2D eigenvalue weighted by molar-refractivity contribution is 5.73. The van der Waals surface area contributed by atoms with Crippen LogP contribution < -0.4 is 4.74 Å². The van der Waals surface area contributed by atoms with Crippen molar-refractivity contribution in [1.82, 2.24) is 0 Å². The van der Waals surface area contributed by atoms with E-state index in [0.717, 1.165) is 12.1 Å². The van der Waals surface area contributed by atoms with Crippen LogP contribution in [0.5, 0.6) is 5.75 Å². The van der Waals surface area contributed by atoms with E-state index in [2.05, 4.69) is 0 Å². The monoisotopic (exact) mass is 230 g/mol. The van der Waals surface area contributed by atoms with Crippen LogP contribution in [0.25, 0.3) is 0 Å². The van der Waals surface area contributed by atoms with Crippen LogP contribution in [0.1, 0.15) is 11.7 Å². The van der Waals surface area contributed by atoms with E-state index in [4.69, 9.17) is 14.9 Å². The maximum Gasteiger partial charge on any atom is 0.335 e. The summed E-state index contributed by atoms with van der Waals surface area (Å²) in [5, 5.41) is 27.0. The molecular weight excluding hydrogens is 219 g/mol. The zero-order valence-corrected chi connectivity index (χ0v) is 8.42. The Hall–Kier alpha value is -1.66. The fraction of sp³-hybridized carbons (Fsp3) is 0.300. The molecule has 0 fully saturated rings. The van der Waals surface area contributed by atoms with Gasteiger partial charge in [0.25, 0.3) is 0 Å². The van der Waals surface area contributed by atoms with Gasteiger partial charge in [-0.3, -0.25) is 0 Å². The summed E-state index contributed by atoms with van der Waals surface area (Å²) in [6, 6.07) is 3.47. The van der Waals surface area contributed by atoms with Crippen LogP contribution in [0.2, 0.25) is 0 Å². The Labute approximate surface area is 90.7 Å². The lowest BCUT2D eigenvalue weighted by Gasteiger charge is -2.15. The summed E-state index contributed by atoms with van der Waals surface area (Å²) in [6.07, 6.45) is -3.92. The van der Waals surface area contributed by atoms with Gasteiger partial charge in [-0.2, -0.15) is 0 Å². The first-order chi connectivity index (χ1) is 7.47. The number of carbonyl (C=O) groups is 1. The van der Waals surface area contributed by atoms with Crippen LogP contribution in [0, 0.1) is 5.82 Å². The number of rotatable bonds is 4. The van der Waals surface area contributed by atoms with Gasteiger partial charge in [0.15, 0.2) is 6.10 Å². The first-order valence-corrected chi connectivity index (χ1v) is 4.39. The molecule has 0 radical (unpaired) electrons. The largest absolute Gasteiger partial charge is 0.497 e. The average molecular weight is 230 g/mol. The number of aliphatic hydroxyl groups excluding tert-OH is 2. The summed E-state index contributed by atoms with van der Waals surface area (Å²) in [6.45, 7) is 0. The standard InChI is InChI=1S/C10H11FO5/c1-16-5-2-3-7(11)6(4-5)8(12)9(13)10(14)15/h2-4,8-9,12-13H,1H3,(H,14,15). The van der Waals surface area contributed by atoms with Crippen molar-refractivity contribution < 1.29 is 29.2 Å². The third-order valence-corrected chi connectivity index (χ3v) is 2.07. The summed E-state index contributed by atoms with van der Waals surface area (Å²) in [5.74, 6) is -2.18. The Morgan fingerprint density at radius 1 is 1.44 bits per heavy atom. The maximum atomic E-state index is 13.3. The third kappa shape index (κ3) is 2.47. The molecule has 3 N–H and O–H groups in total. The van der Waals surface area contributed by atoms with Gasteiger partial charge in [0, 0.05) is 5.56 Å². The Morgan fingerprint density at radius 3 is 2.56 bits per heavy atom. The SMILES string of the molecule is COc1ccc(F)c(C(O)C(O)C(=O)O)c1. The number of hydrogen-bond donors (Lipinski definition) is 3. The molecule has 0 bridgehead atoms. The lowest BCUT2D eigenvalue weighted by Crippen LogP contribution is -2.28. The zero-order chi connectivity index (χ0) is 12.3. The minimum atomic E-state index is -2.08. The van der Waals surface area contributed by atoms with Crippen LogP contribution in [-0.4, -0.2) is 34.5 Å². The highest BCUT2D eigenvalue weighted by atomic mass is 19.1. The predicted octanol–water partition coefficient (Wildman–Crippen LogP) is 0.313. The topological polar surface area (TPSA) is 87.0 Å². The Bertz CT molecular complexity index is 393. The number of aliphatic hydroxyl groups is 2. The highest BCUT2D eigenvalue weighted by Gasteiger charge is 2.27. The second-order valence-corrected chi connectivity index (χ2v) is 3.12. The van der Waals surface area contributed by atoms with E-state index < -0.39 is 24.0 Å². The van der Waals surface area contributed by atoms with Gasteiger partial charge in [0.2, 0.25) is 0 Å². The Balaban J connectivity index is 3.06. The van der Waals surface area contributed by atoms with Crippen molar-refractivity contribution in [1.29, 1.82) is 0 Å². The number of methoxy groups -OCH3 is 1. The number of benzene rings is 1. The molecule has 6 heteroatoms. The molecule has 88 valence electrons. The molecule has 0 aliphatic rings. The molecule has 0 aliphatic carbocycles. The molecule has 1 aromatic rings. The number of carboxylic acids is 1. The normalized spacial score (nSPS) is 14.2. The van der Waals surface area contributed by atoms with E-state index in [9.17, 15) is 14.3 Å². The smallest absolute Gasteiger partial charge is 0.335 e. The van der Waals surface area contributed by atoms with Gasteiger partial charge < -0.3 is 20.1 Å². The van der Waals surface area contributed by atoms with Gasteiger partial charge in [-0.1, -0.05) is 0 Å². The minimum Gasteiger partial charge on any atom is -0.497 e. The summed E-state index contributed by atoms with van der Waals surface area (Å²) in [7, 11) is 1.34. The molecule has 0 aromatic heterocycles. The number of hydrogen-bond acceptors (Lipinski definition) is 4. The quantitative estimate of drug-likeness (QED) is 0.693. The fourth-order valence-electron chi connectivity index (χ4n) is 1.18. The predicted molar refractivity (Wildman–Crippen MR) is 51.6 cm³/mol. The van der Waals surface area contributed by atoms with Gasteiger partial charge in [-0.05, 0) is 18.2 Å². The molecule has 2 atom stereocenters. The molecule has 0 saturated heterocycles. The van der Waals surface area contributed by atoms with E-state index in [0.29, 0.717) is 0 Å². The fourth-order valence-corrected chi connectivity index (χ4v) is 1.18. The van der Waals surface area contributed by atoms with E-state index in [1.165, 1.54) is 13.2 Å². The summed E-state index contributed by atoms with van der Waals surface area (Å²) in [4.78, 5) is 10.4. The van der Waals surface area contributed by atoms with E-state index in [-0.39, 0.29) is 11.3 Å². The first-order valence-electron chi connectivity index (χ1n) is 4.39. The van der Waals surface area contributed by atoms with Crippen molar-refractivity contribution in [3.63, 3.8) is 0 Å². The first kappa shape index (κ1) is 12.4. The molecule has 0 saturated carbocycles.